The van der Waals surface area contributed by atoms with Gasteiger partial charge in [-0.3, -0.25) is 9.59 Å². The van der Waals surface area contributed by atoms with E-state index in [2.05, 4.69) is 26.6 Å². The lowest BCUT2D eigenvalue weighted by molar-refractivity contribution is -0.121. The number of nitrogens with one attached hydrogen (secondary N) is 2. The second-order valence-corrected chi connectivity index (χ2v) is 6.48. The van der Waals surface area contributed by atoms with Crippen molar-refractivity contribution in [1.29, 1.82) is 0 Å². The van der Waals surface area contributed by atoms with Gasteiger partial charge in [0.05, 0.1) is 6.61 Å². The predicted octanol–water partition coefficient (Wildman–Crippen LogP) is 3.88. The third kappa shape index (κ3) is 7.39. The number of anilines is 1. The summed E-state index contributed by atoms with van der Waals surface area (Å²) >= 11 is 3.37. The number of rotatable bonds is 8. The number of hydrogen-bond acceptors (Lipinski definition) is 3. The van der Waals surface area contributed by atoms with Crippen LogP contribution in [0.5, 0.6) is 5.75 Å². The highest BCUT2D eigenvalue weighted by atomic mass is 79.9. The number of ether oxygens (including phenoxy) is 1. The molecule has 5 nitrogen and oxygen atoms in total. The zero-order chi connectivity index (χ0) is 18.1. The molecule has 0 aliphatic carbocycles. The van der Waals surface area contributed by atoms with E-state index in [9.17, 15) is 9.59 Å². The van der Waals surface area contributed by atoms with Crippen molar-refractivity contribution in [1.82, 2.24) is 5.32 Å². The quantitative estimate of drug-likeness (QED) is 0.655. The Balaban J connectivity index is 1.67. The van der Waals surface area contributed by atoms with Crippen LogP contribution in [0.4, 0.5) is 5.69 Å². The van der Waals surface area contributed by atoms with Crippen LogP contribution < -0.4 is 15.4 Å². The van der Waals surface area contributed by atoms with Crippen LogP contribution in [0.25, 0.3) is 0 Å². The molecule has 2 N–H and O–H groups in total. The summed E-state index contributed by atoms with van der Waals surface area (Å²) in [6.07, 6.45) is 1.05. The summed E-state index contributed by atoms with van der Waals surface area (Å²) in [6.45, 7) is 2.39. The fourth-order valence-corrected chi connectivity index (χ4v) is 2.47. The van der Waals surface area contributed by atoms with Gasteiger partial charge < -0.3 is 15.4 Å². The highest BCUT2D eigenvalue weighted by Gasteiger charge is 2.03. The van der Waals surface area contributed by atoms with Crippen molar-refractivity contribution in [3.05, 3.63) is 58.6 Å². The molecule has 25 heavy (non-hydrogen) atoms. The van der Waals surface area contributed by atoms with Crippen LogP contribution in [0.3, 0.4) is 0 Å². The van der Waals surface area contributed by atoms with Crippen molar-refractivity contribution >= 4 is 33.4 Å². The Morgan fingerprint density at radius 3 is 2.60 bits per heavy atom. The Labute approximate surface area is 155 Å². The summed E-state index contributed by atoms with van der Waals surface area (Å²) in [5, 5.41) is 5.59. The van der Waals surface area contributed by atoms with Crippen molar-refractivity contribution < 1.29 is 14.3 Å². The van der Waals surface area contributed by atoms with E-state index in [0.717, 1.165) is 21.5 Å². The minimum absolute atomic E-state index is 0.0238. The van der Waals surface area contributed by atoms with Crippen molar-refractivity contribution in [3.8, 4) is 5.75 Å². The van der Waals surface area contributed by atoms with Gasteiger partial charge in [-0.2, -0.15) is 0 Å². The second-order valence-electron chi connectivity index (χ2n) is 5.56. The first-order valence-corrected chi connectivity index (χ1v) is 8.84. The Morgan fingerprint density at radius 2 is 1.88 bits per heavy atom. The van der Waals surface area contributed by atoms with Gasteiger partial charge in [-0.05, 0) is 48.4 Å². The molecule has 2 rings (SSSR count). The van der Waals surface area contributed by atoms with Gasteiger partial charge in [-0.15, -0.1) is 0 Å². The van der Waals surface area contributed by atoms with E-state index >= 15 is 0 Å². The van der Waals surface area contributed by atoms with Crippen molar-refractivity contribution in [2.75, 3.05) is 11.9 Å². The molecular weight excluding hydrogens is 384 g/mol. The minimum Gasteiger partial charge on any atom is -0.494 e. The van der Waals surface area contributed by atoms with Crippen LogP contribution in [0.2, 0.25) is 0 Å². The lowest BCUT2D eigenvalue weighted by atomic mass is 10.2. The molecule has 6 heteroatoms. The molecule has 0 bridgehead atoms. The number of carbonyl (C=O) groups is 2. The van der Waals surface area contributed by atoms with Gasteiger partial charge in [0, 0.05) is 30.0 Å². The highest BCUT2D eigenvalue weighted by molar-refractivity contribution is 9.10. The summed E-state index contributed by atoms with van der Waals surface area (Å²) in [5.41, 5.74) is 1.66. The Morgan fingerprint density at radius 1 is 1.12 bits per heavy atom. The van der Waals surface area contributed by atoms with E-state index in [-0.39, 0.29) is 11.8 Å². The molecular formula is C19H21BrN2O3. The van der Waals surface area contributed by atoms with Gasteiger partial charge in [0.2, 0.25) is 11.8 Å². The number of benzene rings is 2. The maximum atomic E-state index is 11.9. The summed E-state index contributed by atoms with van der Waals surface area (Å²) in [4.78, 5) is 23.0. The largest absolute Gasteiger partial charge is 0.494 e. The first kappa shape index (κ1) is 19.0. The molecule has 0 heterocycles. The molecule has 2 amide bonds. The molecule has 0 atom stereocenters. The molecule has 132 valence electrons. The van der Waals surface area contributed by atoms with Crippen LogP contribution in [-0.2, 0) is 16.1 Å². The van der Waals surface area contributed by atoms with Crippen LogP contribution in [0.15, 0.2) is 53.0 Å². The highest BCUT2D eigenvalue weighted by Crippen LogP contribution is 2.16. The average molecular weight is 405 g/mol. The minimum atomic E-state index is -0.119. The number of carbonyl (C=O) groups excluding carboxylic acids is 2. The molecule has 0 unspecified atom stereocenters. The normalized spacial score (nSPS) is 10.2. The SMILES string of the molecule is CC(=O)Nc1cccc(CNC(=O)CCCOc2ccc(Br)cc2)c1. The van der Waals surface area contributed by atoms with E-state index < -0.39 is 0 Å². The number of hydrogen-bond donors (Lipinski definition) is 2. The first-order chi connectivity index (χ1) is 12.0. The molecule has 0 aliphatic rings. The molecule has 0 radical (unpaired) electrons. The predicted molar refractivity (Wildman–Crippen MR) is 101 cm³/mol. The van der Waals surface area contributed by atoms with Gasteiger partial charge in [0.1, 0.15) is 5.75 Å². The zero-order valence-corrected chi connectivity index (χ0v) is 15.6. The average Bonchev–Trinajstić information content (AvgIpc) is 2.58. The Kier molecular flexibility index (Phi) is 7.47. The maximum absolute atomic E-state index is 11.9. The van der Waals surface area contributed by atoms with Gasteiger partial charge in [-0.25, -0.2) is 0 Å². The molecule has 0 saturated heterocycles. The molecule has 0 aliphatic heterocycles. The monoisotopic (exact) mass is 404 g/mol. The van der Waals surface area contributed by atoms with E-state index in [4.69, 9.17) is 4.74 Å². The van der Waals surface area contributed by atoms with E-state index in [0.29, 0.717) is 26.0 Å². The fourth-order valence-electron chi connectivity index (χ4n) is 2.20. The number of halogens is 1. The van der Waals surface area contributed by atoms with E-state index in [1.54, 1.807) is 0 Å². The van der Waals surface area contributed by atoms with Crippen molar-refractivity contribution in [3.63, 3.8) is 0 Å². The van der Waals surface area contributed by atoms with Crippen LogP contribution in [0.1, 0.15) is 25.3 Å². The summed E-state index contributed by atoms with van der Waals surface area (Å²) in [6, 6.07) is 15.0. The molecule has 0 fully saturated rings. The maximum Gasteiger partial charge on any atom is 0.221 e. The third-order valence-corrected chi connectivity index (χ3v) is 3.90. The molecule has 2 aromatic rings. The summed E-state index contributed by atoms with van der Waals surface area (Å²) < 4.78 is 6.59. The number of amides is 2. The Bertz CT molecular complexity index is 717. The first-order valence-electron chi connectivity index (χ1n) is 8.04. The van der Waals surface area contributed by atoms with Gasteiger partial charge in [0.25, 0.3) is 0 Å². The lowest BCUT2D eigenvalue weighted by Gasteiger charge is -2.08. The second kappa shape index (κ2) is 9.84. The third-order valence-electron chi connectivity index (χ3n) is 3.37. The summed E-state index contributed by atoms with van der Waals surface area (Å²) in [5.74, 6) is 0.648. The van der Waals surface area contributed by atoms with Crippen molar-refractivity contribution in [2.24, 2.45) is 0 Å². The van der Waals surface area contributed by atoms with Crippen LogP contribution in [-0.4, -0.2) is 18.4 Å². The van der Waals surface area contributed by atoms with Gasteiger partial charge >= 0.3 is 0 Å². The zero-order valence-electron chi connectivity index (χ0n) is 14.0. The summed E-state index contributed by atoms with van der Waals surface area (Å²) in [7, 11) is 0. The Hall–Kier alpha value is -2.34. The van der Waals surface area contributed by atoms with Crippen molar-refractivity contribution in [2.45, 2.75) is 26.3 Å². The van der Waals surface area contributed by atoms with E-state index in [1.807, 2.05) is 48.5 Å². The standard InChI is InChI=1S/C19H21BrN2O3/c1-14(23)22-17-5-2-4-15(12-17)13-21-19(24)6-3-11-25-18-9-7-16(20)8-10-18/h2,4-5,7-10,12H,3,6,11,13H2,1H3,(H,21,24)(H,22,23). The topological polar surface area (TPSA) is 67.4 Å². The lowest BCUT2D eigenvalue weighted by Crippen LogP contribution is -2.23. The smallest absolute Gasteiger partial charge is 0.221 e. The molecule has 0 aromatic heterocycles. The van der Waals surface area contributed by atoms with Crippen LogP contribution in [0, 0.1) is 0 Å². The molecule has 0 saturated carbocycles. The molecule has 2 aromatic carbocycles. The molecule has 0 spiro atoms. The fraction of sp³-hybridized carbons (Fsp3) is 0.263. The van der Waals surface area contributed by atoms with E-state index in [1.165, 1.54) is 6.92 Å². The van der Waals surface area contributed by atoms with Gasteiger partial charge in [0.15, 0.2) is 0 Å². The van der Waals surface area contributed by atoms with Crippen LogP contribution >= 0.6 is 15.9 Å². The van der Waals surface area contributed by atoms with Gasteiger partial charge in [-0.1, -0.05) is 28.1 Å².